The molecule has 0 unspecified atom stereocenters. The van der Waals surface area contributed by atoms with E-state index < -0.39 is 0 Å². The number of halogens is 1. The number of amides is 2. The fraction of sp³-hybridized carbons (Fsp3) is 0.160. The Morgan fingerprint density at radius 3 is 2.39 bits per heavy atom. The second-order valence-electron chi connectivity index (χ2n) is 7.80. The molecule has 0 fully saturated rings. The molecule has 2 N–H and O–H groups in total. The first-order chi connectivity index (χ1) is 15.9. The van der Waals surface area contributed by atoms with E-state index in [1.54, 1.807) is 41.1 Å². The van der Waals surface area contributed by atoms with Gasteiger partial charge in [0.2, 0.25) is 0 Å². The Hall–Kier alpha value is -4.20. The third kappa shape index (κ3) is 5.01. The molecule has 0 saturated carbocycles. The number of benzene rings is 2. The first kappa shape index (κ1) is 22.0. The van der Waals surface area contributed by atoms with Crippen LogP contribution >= 0.6 is 0 Å². The molecule has 2 amide bonds. The zero-order chi connectivity index (χ0) is 23.4. The summed E-state index contributed by atoms with van der Waals surface area (Å²) in [5.74, 6) is -0.659. The standard InChI is InChI=1S/C25H23FN4O3/c1-16(2)23-21(15-28-30(23)20-11-7-18(26)8-12-20)24(31)27-14-17-5-9-19(10-6-17)29-25(32)22-4-3-13-33-22/h3-13,15-16H,14H2,1-2H3,(H,27,31)(H,29,32). The second kappa shape index (κ2) is 9.52. The highest BCUT2D eigenvalue weighted by molar-refractivity contribution is 6.02. The quantitative estimate of drug-likeness (QED) is 0.422. The zero-order valence-corrected chi connectivity index (χ0v) is 18.2. The van der Waals surface area contributed by atoms with E-state index in [4.69, 9.17) is 4.42 Å². The highest BCUT2D eigenvalue weighted by atomic mass is 19.1. The molecule has 0 aliphatic heterocycles. The van der Waals surface area contributed by atoms with E-state index >= 15 is 0 Å². The average Bonchev–Trinajstić information content (AvgIpc) is 3.49. The van der Waals surface area contributed by atoms with E-state index in [2.05, 4.69) is 15.7 Å². The van der Waals surface area contributed by atoms with E-state index in [1.165, 1.54) is 24.6 Å². The Morgan fingerprint density at radius 2 is 1.76 bits per heavy atom. The Bertz CT molecular complexity index is 1240. The predicted molar refractivity (Wildman–Crippen MR) is 122 cm³/mol. The van der Waals surface area contributed by atoms with E-state index in [1.807, 2.05) is 26.0 Å². The third-order valence-electron chi connectivity index (χ3n) is 5.08. The maximum absolute atomic E-state index is 13.3. The molecule has 2 aromatic heterocycles. The molecule has 168 valence electrons. The predicted octanol–water partition coefficient (Wildman–Crippen LogP) is 4.91. The molecule has 4 rings (SSSR count). The first-order valence-electron chi connectivity index (χ1n) is 10.5. The van der Waals surface area contributed by atoms with Gasteiger partial charge in [0.05, 0.1) is 29.4 Å². The smallest absolute Gasteiger partial charge is 0.291 e. The fourth-order valence-electron chi connectivity index (χ4n) is 3.46. The number of rotatable bonds is 7. The van der Waals surface area contributed by atoms with Gasteiger partial charge >= 0.3 is 0 Å². The molecule has 0 radical (unpaired) electrons. The van der Waals surface area contributed by atoms with E-state index in [0.29, 0.717) is 23.5 Å². The molecule has 0 bridgehead atoms. The number of hydrogen-bond donors (Lipinski definition) is 2. The van der Waals surface area contributed by atoms with Gasteiger partial charge in [-0.2, -0.15) is 5.10 Å². The maximum atomic E-state index is 13.3. The molecule has 2 heterocycles. The van der Waals surface area contributed by atoms with E-state index in [0.717, 1.165) is 11.3 Å². The number of hydrogen-bond acceptors (Lipinski definition) is 4. The number of furan rings is 1. The summed E-state index contributed by atoms with van der Waals surface area (Å²) in [4.78, 5) is 24.9. The Labute approximate surface area is 190 Å². The van der Waals surface area contributed by atoms with Crippen molar-refractivity contribution in [3.05, 3.63) is 102 Å². The molecular formula is C25H23FN4O3. The van der Waals surface area contributed by atoms with Crippen molar-refractivity contribution in [1.29, 1.82) is 0 Å². The van der Waals surface area contributed by atoms with Crippen LogP contribution in [-0.4, -0.2) is 21.6 Å². The molecule has 0 atom stereocenters. The molecule has 33 heavy (non-hydrogen) atoms. The van der Waals surface area contributed by atoms with Crippen LogP contribution in [0.3, 0.4) is 0 Å². The van der Waals surface area contributed by atoms with Crippen LogP contribution in [-0.2, 0) is 6.54 Å². The highest BCUT2D eigenvalue weighted by Crippen LogP contribution is 2.23. The summed E-state index contributed by atoms with van der Waals surface area (Å²) in [5, 5.41) is 10.0. The van der Waals surface area contributed by atoms with Gasteiger partial charge < -0.3 is 15.1 Å². The molecule has 7 nitrogen and oxygen atoms in total. The van der Waals surface area contributed by atoms with E-state index in [-0.39, 0.29) is 29.3 Å². The lowest BCUT2D eigenvalue weighted by Gasteiger charge is -2.13. The minimum atomic E-state index is -0.333. The van der Waals surface area contributed by atoms with Gasteiger partial charge in [0.25, 0.3) is 11.8 Å². The normalized spacial score (nSPS) is 10.9. The molecule has 4 aromatic rings. The van der Waals surface area contributed by atoms with Crippen LogP contribution in [0.2, 0.25) is 0 Å². The molecule has 0 aliphatic carbocycles. The summed E-state index contributed by atoms with van der Waals surface area (Å²) in [7, 11) is 0. The summed E-state index contributed by atoms with van der Waals surface area (Å²) in [6, 6.07) is 16.4. The minimum Gasteiger partial charge on any atom is -0.459 e. The SMILES string of the molecule is CC(C)c1c(C(=O)NCc2ccc(NC(=O)c3ccco3)cc2)cnn1-c1ccc(F)cc1. The largest absolute Gasteiger partial charge is 0.459 e. The van der Waals surface area contributed by atoms with Gasteiger partial charge in [0, 0.05) is 12.2 Å². The summed E-state index contributed by atoms with van der Waals surface area (Å²) in [5.41, 5.74) is 3.39. The van der Waals surface area contributed by atoms with Crippen molar-refractivity contribution in [3.8, 4) is 5.69 Å². The van der Waals surface area contributed by atoms with E-state index in [9.17, 15) is 14.0 Å². The van der Waals surface area contributed by atoms with Gasteiger partial charge in [-0.3, -0.25) is 9.59 Å². The number of anilines is 1. The second-order valence-corrected chi connectivity index (χ2v) is 7.80. The molecule has 0 spiro atoms. The molecule has 0 aliphatic rings. The van der Waals surface area contributed by atoms with Crippen molar-refractivity contribution in [3.63, 3.8) is 0 Å². The van der Waals surface area contributed by atoms with Gasteiger partial charge in [0.15, 0.2) is 5.76 Å². The van der Waals surface area contributed by atoms with Gasteiger partial charge in [-0.15, -0.1) is 0 Å². The first-order valence-corrected chi connectivity index (χ1v) is 10.5. The van der Waals surface area contributed by atoms with Crippen LogP contribution < -0.4 is 10.6 Å². The summed E-state index contributed by atoms with van der Waals surface area (Å²) in [6.45, 7) is 4.26. The lowest BCUT2D eigenvalue weighted by atomic mass is 10.0. The number of nitrogens with one attached hydrogen (secondary N) is 2. The minimum absolute atomic E-state index is 0.0235. The maximum Gasteiger partial charge on any atom is 0.291 e. The molecule has 0 saturated heterocycles. The number of nitrogens with zero attached hydrogens (tertiary/aromatic N) is 2. The fourth-order valence-corrected chi connectivity index (χ4v) is 3.46. The zero-order valence-electron chi connectivity index (χ0n) is 18.2. The van der Waals surface area contributed by atoms with Gasteiger partial charge in [0.1, 0.15) is 5.82 Å². The molecular weight excluding hydrogens is 423 g/mol. The molecule has 2 aromatic carbocycles. The van der Waals surface area contributed by atoms with Crippen LogP contribution in [0.5, 0.6) is 0 Å². The topological polar surface area (TPSA) is 89.2 Å². The average molecular weight is 446 g/mol. The van der Waals surface area contributed by atoms with Gasteiger partial charge in [-0.05, 0) is 60.0 Å². The lowest BCUT2D eigenvalue weighted by molar-refractivity contribution is 0.0948. The van der Waals surface area contributed by atoms with Crippen molar-refractivity contribution in [2.24, 2.45) is 0 Å². The summed E-state index contributed by atoms with van der Waals surface area (Å²) in [6.07, 6.45) is 2.97. The number of carbonyl (C=O) groups is 2. The van der Waals surface area contributed by atoms with Crippen molar-refractivity contribution in [1.82, 2.24) is 15.1 Å². The van der Waals surface area contributed by atoms with Crippen LogP contribution in [0.4, 0.5) is 10.1 Å². The summed E-state index contributed by atoms with van der Waals surface area (Å²) < 4.78 is 20.0. The van der Waals surface area contributed by atoms with Crippen molar-refractivity contribution in [2.45, 2.75) is 26.3 Å². The van der Waals surface area contributed by atoms with Crippen molar-refractivity contribution in [2.75, 3.05) is 5.32 Å². The Balaban J connectivity index is 1.42. The Morgan fingerprint density at radius 1 is 1.03 bits per heavy atom. The van der Waals surface area contributed by atoms with Crippen molar-refractivity contribution < 1.29 is 18.4 Å². The summed E-state index contributed by atoms with van der Waals surface area (Å²) >= 11 is 0. The van der Waals surface area contributed by atoms with Gasteiger partial charge in [-0.25, -0.2) is 9.07 Å². The van der Waals surface area contributed by atoms with Gasteiger partial charge in [-0.1, -0.05) is 26.0 Å². The van der Waals surface area contributed by atoms with Crippen LogP contribution in [0.15, 0.2) is 77.5 Å². The van der Waals surface area contributed by atoms with Crippen molar-refractivity contribution >= 4 is 17.5 Å². The van der Waals surface area contributed by atoms with Crippen LogP contribution in [0, 0.1) is 5.82 Å². The third-order valence-corrected chi connectivity index (χ3v) is 5.08. The highest BCUT2D eigenvalue weighted by Gasteiger charge is 2.21. The van der Waals surface area contributed by atoms with Crippen LogP contribution in [0.25, 0.3) is 5.69 Å². The number of carbonyl (C=O) groups excluding carboxylic acids is 2. The number of aromatic nitrogens is 2. The van der Waals surface area contributed by atoms with Crippen LogP contribution in [0.1, 0.15) is 51.9 Å². The monoisotopic (exact) mass is 446 g/mol. The molecule has 8 heteroatoms. The Kier molecular flexibility index (Phi) is 6.35. The lowest BCUT2D eigenvalue weighted by Crippen LogP contribution is -2.24.